The molecule has 3 aliphatic heterocycles. The number of carbonyl (C=O) groups excluding carboxylic acids is 2. The third kappa shape index (κ3) is 9.75. The molecular formula is C56H86O24. The van der Waals surface area contributed by atoms with Crippen LogP contribution in [0, 0.1) is 50.7 Å². The summed E-state index contributed by atoms with van der Waals surface area (Å²) in [5.74, 6) is -4.89. The first kappa shape index (κ1) is 62.9. The molecule has 0 spiro atoms. The Morgan fingerprint density at radius 1 is 0.650 bits per heavy atom. The molecular weight excluding hydrogens is 1060 g/mol. The number of esters is 2. The minimum Gasteiger partial charge on any atom is -0.479 e. The van der Waals surface area contributed by atoms with Crippen LogP contribution in [0.25, 0.3) is 0 Å². The number of hydrogen-bond acceptors (Lipinski definition) is 23. The van der Waals surface area contributed by atoms with E-state index in [1.807, 2.05) is 20.8 Å². The zero-order chi connectivity index (χ0) is 59.1. The third-order valence-corrected chi connectivity index (χ3v) is 21.2. The Hall–Kier alpha value is -3.09. The summed E-state index contributed by atoms with van der Waals surface area (Å²) in [5.41, 5.74) is -4.24. The molecule has 3 saturated heterocycles. The summed E-state index contributed by atoms with van der Waals surface area (Å²) in [6.07, 6.45) is -25.5. The number of aliphatic hydroxyl groups is 12. The van der Waals surface area contributed by atoms with Crippen LogP contribution < -0.4 is 0 Å². The number of carboxylic acids is 1. The first-order valence-corrected chi connectivity index (χ1v) is 28.0. The van der Waals surface area contributed by atoms with Gasteiger partial charge in [-0.2, -0.15) is 0 Å². The van der Waals surface area contributed by atoms with Crippen LogP contribution in [0.3, 0.4) is 0 Å². The molecule has 13 N–H and O–H groups in total. The van der Waals surface area contributed by atoms with Gasteiger partial charge in [0.05, 0.1) is 50.2 Å². The molecule has 0 aromatic rings. The van der Waals surface area contributed by atoms with Gasteiger partial charge in [-0.15, -0.1) is 0 Å². The summed E-state index contributed by atoms with van der Waals surface area (Å²) < 4.78 is 48.6. The lowest BCUT2D eigenvalue weighted by Crippen LogP contribution is -2.76. The number of aliphatic carboxylic acids is 1. The molecule has 3 heterocycles. The van der Waals surface area contributed by atoms with Crippen molar-refractivity contribution in [2.45, 2.75) is 217 Å². The Labute approximate surface area is 464 Å². The molecule has 17 unspecified atom stereocenters. The molecule has 24 heteroatoms. The lowest BCUT2D eigenvalue weighted by Gasteiger charge is -2.73. The SMILES string of the molecule is C/C=C(/C)C(=O)O[C@@H]1[C@H](C)CC2C3=CCC4[C@@]5(C)CC[C@H](OC6OC(C(=O)O)C(O)C(OC7OC(CO)C(O)C7O)C6OC6OC(CO)C(O)C(O)C6O)[C@](C)(CO)C5CC[C@@]4(C)[C@]3(C)[C@@H](O)[C@@H](O)[C@@]2(CO)[C@H]1OC(=O)/C(C)=C\C. The minimum absolute atomic E-state index is 0.168. The number of carboxylic acid groups (broad SMARTS) is 1. The molecule has 0 amide bonds. The summed E-state index contributed by atoms with van der Waals surface area (Å²) in [6.45, 7) is 13.4. The number of rotatable bonds is 15. The second-order valence-corrected chi connectivity index (χ2v) is 24.9. The molecule has 4 saturated carbocycles. The fraction of sp³-hybridized carbons (Fsp3) is 0.839. The quantitative estimate of drug-likeness (QED) is 0.0398. The standard InChI is InChI=1S/C56H86O24/c1-10-23(3)47(71)76-39-25(5)18-27-26-12-13-31-52(6)16-15-32(53(7,21-59)30(52)14-17-54(31,8)55(26,9)43(67)44(68)56(27,22-60)45(39)80-48(72)24(4)11-2)75-51-42(79-50-37(65)35(63)33(61)28(19-57)73-50)40(38(66)41(78-51)46(69)70)77-49-36(64)34(62)29(20-58)74-49/h10-12,25,27-45,49-51,57-68H,13-22H2,1-9H3,(H,69,70)/b23-10-,24-11-/t25-,27?,28?,29?,30?,31?,32+,33?,34?,35?,36?,37?,38?,39-,40?,41?,42?,43+,44-,45+,49?,50?,51?,52+,53-,54-,55+,56+/m1/s1. The normalized spacial score (nSPS) is 50.5. The molecule has 8 aliphatic rings. The molecule has 7 fully saturated rings. The lowest BCUT2D eigenvalue weighted by molar-refractivity contribution is -0.387. The number of aliphatic hydroxyl groups excluding tert-OH is 12. The molecule has 5 aliphatic carbocycles. The van der Waals surface area contributed by atoms with E-state index in [-0.39, 0.29) is 30.3 Å². The average molecular weight is 1140 g/mol. The molecule has 28 atom stereocenters. The Balaban J connectivity index is 1.14. The largest absolute Gasteiger partial charge is 0.479 e. The fourth-order valence-corrected chi connectivity index (χ4v) is 16.0. The molecule has 8 rings (SSSR count). The number of ether oxygens (including phenoxy) is 8. The number of allylic oxidation sites excluding steroid dienone is 3. The van der Waals surface area contributed by atoms with Gasteiger partial charge in [0.15, 0.2) is 31.1 Å². The van der Waals surface area contributed by atoms with Gasteiger partial charge < -0.3 is 104 Å². The van der Waals surface area contributed by atoms with E-state index in [0.717, 1.165) is 5.57 Å². The summed E-state index contributed by atoms with van der Waals surface area (Å²) >= 11 is 0. The van der Waals surface area contributed by atoms with Gasteiger partial charge in [-0.05, 0) is 101 Å². The van der Waals surface area contributed by atoms with Crippen LogP contribution in [0.1, 0.15) is 101 Å². The molecule has 0 radical (unpaired) electrons. The Kier molecular flexibility index (Phi) is 18.4. The van der Waals surface area contributed by atoms with Crippen LogP contribution in [0.2, 0.25) is 0 Å². The lowest BCUT2D eigenvalue weighted by atomic mass is 9.32. The maximum absolute atomic E-state index is 13.8. The second-order valence-electron chi connectivity index (χ2n) is 24.9. The Morgan fingerprint density at radius 3 is 1.76 bits per heavy atom. The highest BCUT2D eigenvalue weighted by Gasteiger charge is 2.76. The first-order chi connectivity index (χ1) is 37.6. The van der Waals surface area contributed by atoms with Crippen LogP contribution in [0.4, 0.5) is 0 Å². The van der Waals surface area contributed by atoms with Crippen molar-refractivity contribution in [2.24, 2.45) is 50.7 Å². The summed E-state index contributed by atoms with van der Waals surface area (Å²) in [6, 6.07) is 0. The van der Waals surface area contributed by atoms with E-state index in [9.17, 15) is 80.8 Å². The van der Waals surface area contributed by atoms with Crippen molar-refractivity contribution in [2.75, 3.05) is 26.4 Å². The van der Waals surface area contributed by atoms with Crippen molar-refractivity contribution in [1.82, 2.24) is 0 Å². The van der Waals surface area contributed by atoms with Gasteiger partial charge in [0.1, 0.15) is 67.1 Å². The molecule has 24 nitrogen and oxygen atoms in total. The number of fused-ring (bicyclic) bond motifs is 7. The first-order valence-electron chi connectivity index (χ1n) is 28.0. The smallest absolute Gasteiger partial charge is 0.335 e. The van der Waals surface area contributed by atoms with Gasteiger partial charge in [-0.1, -0.05) is 58.4 Å². The van der Waals surface area contributed by atoms with E-state index < -0.39 is 200 Å². The van der Waals surface area contributed by atoms with Gasteiger partial charge in [0.2, 0.25) is 0 Å². The van der Waals surface area contributed by atoms with Gasteiger partial charge >= 0.3 is 17.9 Å². The van der Waals surface area contributed by atoms with Gasteiger partial charge in [-0.25, -0.2) is 14.4 Å². The fourth-order valence-electron chi connectivity index (χ4n) is 16.0. The number of hydrogen-bond donors (Lipinski definition) is 13. The van der Waals surface area contributed by atoms with Gasteiger partial charge in [-0.3, -0.25) is 0 Å². The minimum atomic E-state index is -2.17. The summed E-state index contributed by atoms with van der Waals surface area (Å²) in [4.78, 5) is 40.1. The van der Waals surface area contributed by atoms with Crippen molar-refractivity contribution in [1.29, 1.82) is 0 Å². The molecule has 80 heavy (non-hydrogen) atoms. The van der Waals surface area contributed by atoms with Crippen molar-refractivity contribution in [3.63, 3.8) is 0 Å². The van der Waals surface area contributed by atoms with Crippen LogP contribution in [-0.2, 0) is 52.3 Å². The number of carbonyl (C=O) groups is 3. The zero-order valence-corrected chi connectivity index (χ0v) is 46.9. The summed E-state index contributed by atoms with van der Waals surface area (Å²) in [7, 11) is 0. The van der Waals surface area contributed by atoms with Crippen molar-refractivity contribution in [3.05, 3.63) is 34.9 Å². The van der Waals surface area contributed by atoms with Gasteiger partial charge in [0, 0.05) is 22.0 Å². The molecule has 0 bridgehead atoms. The third-order valence-electron chi connectivity index (χ3n) is 21.2. The van der Waals surface area contributed by atoms with E-state index in [1.54, 1.807) is 39.8 Å². The predicted octanol–water partition coefficient (Wildman–Crippen LogP) is -1.15. The Morgan fingerprint density at radius 2 is 1.21 bits per heavy atom. The van der Waals surface area contributed by atoms with Crippen LogP contribution >= 0.6 is 0 Å². The second kappa shape index (κ2) is 23.4. The Bertz CT molecular complexity index is 2360. The monoisotopic (exact) mass is 1140 g/mol. The van der Waals surface area contributed by atoms with Crippen molar-refractivity contribution in [3.8, 4) is 0 Å². The average Bonchev–Trinajstić information content (AvgIpc) is 3.71. The van der Waals surface area contributed by atoms with E-state index in [4.69, 9.17) is 37.9 Å². The van der Waals surface area contributed by atoms with E-state index in [0.29, 0.717) is 31.3 Å². The zero-order valence-electron chi connectivity index (χ0n) is 46.9. The van der Waals surface area contributed by atoms with Gasteiger partial charge in [0.25, 0.3) is 0 Å². The maximum atomic E-state index is 13.8. The maximum Gasteiger partial charge on any atom is 0.335 e. The van der Waals surface area contributed by atoms with E-state index >= 15 is 0 Å². The highest BCUT2D eigenvalue weighted by Crippen LogP contribution is 2.76. The van der Waals surface area contributed by atoms with E-state index in [2.05, 4.69) is 19.9 Å². The van der Waals surface area contributed by atoms with Crippen molar-refractivity contribution < 1.29 is 119 Å². The summed E-state index contributed by atoms with van der Waals surface area (Å²) in [5, 5.41) is 145. The highest BCUT2D eigenvalue weighted by atomic mass is 16.8. The van der Waals surface area contributed by atoms with Crippen LogP contribution in [-0.4, -0.2) is 227 Å². The van der Waals surface area contributed by atoms with E-state index in [1.165, 1.54) is 0 Å². The highest BCUT2D eigenvalue weighted by molar-refractivity contribution is 5.88. The predicted molar refractivity (Wildman–Crippen MR) is 274 cm³/mol. The van der Waals surface area contributed by atoms with Crippen LogP contribution in [0.15, 0.2) is 34.9 Å². The molecule has 0 aromatic heterocycles. The molecule has 454 valence electrons. The van der Waals surface area contributed by atoms with Crippen molar-refractivity contribution >= 4 is 17.9 Å². The topological polar surface area (TPSA) is 388 Å². The van der Waals surface area contributed by atoms with Crippen LogP contribution in [0.5, 0.6) is 0 Å². The molecule has 0 aromatic carbocycles.